The first-order valence-corrected chi connectivity index (χ1v) is 4.78. The molecule has 0 bridgehead atoms. The van der Waals surface area contributed by atoms with Crippen molar-refractivity contribution >= 4 is 0 Å². The molecule has 0 saturated carbocycles. The molecule has 14 heavy (non-hydrogen) atoms. The van der Waals surface area contributed by atoms with Crippen LogP contribution in [0.1, 0.15) is 24.5 Å². The van der Waals surface area contributed by atoms with Crippen molar-refractivity contribution in [2.24, 2.45) is 0 Å². The van der Waals surface area contributed by atoms with E-state index in [1.807, 2.05) is 13.0 Å². The van der Waals surface area contributed by atoms with Crippen LogP contribution in [0, 0.1) is 0 Å². The Hall–Kier alpha value is -0.840. The van der Waals surface area contributed by atoms with Crippen LogP contribution in [0.5, 0.6) is 0 Å². The molecule has 0 aliphatic heterocycles. The zero-order chi connectivity index (χ0) is 10.6. The third-order valence-electron chi connectivity index (χ3n) is 2.10. The van der Waals surface area contributed by atoms with Gasteiger partial charge in [-0.25, -0.2) is 0 Å². The van der Waals surface area contributed by atoms with Gasteiger partial charge in [0.05, 0.1) is 6.10 Å². The van der Waals surface area contributed by atoms with Gasteiger partial charge in [0.25, 0.3) is 0 Å². The van der Waals surface area contributed by atoms with Gasteiger partial charge in [0.2, 0.25) is 0 Å². The fraction of sp³-hybridized carbons (Fsp3) is 0.600. The van der Waals surface area contributed by atoms with Crippen molar-refractivity contribution in [1.29, 1.82) is 0 Å². The third kappa shape index (κ3) is 2.57. The Kier molecular flexibility index (Phi) is 4.13. The van der Waals surface area contributed by atoms with Gasteiger partial charge in [0, 0.05) is 13.0 Å². The Labute approximate surface area is 83.6 Å². The van der Waals surface area contributed by atoms with Crippen molar-refractivity contribution in [1.82, 2.24) is 5.32 Å². The molecule has 2 atom stereocenters. The van der Waals surface area contributed by atoms with Crippen LogP contribution in [0.25, 0.3) is 0 Å². The number of furan rings is 1. The zero-order valence-corrected chi connectivity index (χ0v) is 8.53. The Morgan fingerprint density at radius 2 is 2.14 bits per heavy atom. The Balaban J connectivity index is 2.63. The summed E-state index contributed by atoms with van der Waals surface area (Å²) >= 11 is 0. The van der Waals surface area contributed by atoms with E-state index >= 15 is 0 Å². The molecule has 0 aliphatic carbocycles. The van der Waals surface area contributed by atoms with Crippen molar-refractivity contribution < 1.29 is 14.6 Å². The number of aliphatic hydroxyl groups is 2. The zero-order valence-electron chi connectivity index (χ0n) is 8.53. The predicted molar refractivity (Wildman–Crippen MR) is 53.0 cm³/mol. The molecule has 4 nitrogen and oxygen atoms in total. The molecular formula is C10H17NO3. The number of aryl methyl sites for hydroxylation is 1. The molecule has 2 unspecified atom stereocenters. The molecule has 3 N–H and O–H groups in total. The van der Waals surface area contributed by atoms with Gasteiger partial charge in [-0.3, -0.25) is 0 Å². The summed E-state index contributed by atoms with van der Waals surface area (Å²) in [7, 11) is 1.72. The van der Waals surface area contributed by atoms with E-state index in [1.165, 1.54) is 0 Å². The van der Waals surface area contributed by atoms with Gasteiger partial charge in [-0.15, -0.1) is 0 Å². The van der Waals surface area contributed by atoms with Gasteiger partial charge in [-0.05, 0) is 19.2 Å². The van der Waals surface area contributed by atoms with Gasteiger partial charge < -0.3 is 19.9 Å². The SMILES string of the molecule is CCc1ccc(C(O)C(O)CNC)o1. The van der Waals surface area contributed by atoms with Crippen LogP contribution >= 0.6 is 0 Å². The number of hydrogen-bond donors (Lipinski definition) is 3. The highest BCUT2D eigenvalue weighted by Gasteiger charge is 2.20. The molecule has 1 heterocycles. The van der Waals surface area contributed by atoms with Gasteiger partial charge in [0.1, 0.15) is 17.6 Å². The van der Waals surface area contributed by atoms with E-state index in [9.17, 15) is 10.2 Å². The predicted octanol–water partition coefficient (Wildman–Crippen LogP) is 0.456. The van der Waals surface area contributed by atoms with Gasteiger partial charge in [0.15, 0.2) is 0 Å². The largest absolute Gasteiger partial charge is 0.463 e. The van der Waals surface area contributed by atoms with Gasteiger partial charge in [-0.1, -0.05) is 6.92 Å². The highest BCUT2D eigenvalue weighted by atomic mass is 16.4. The van der Waals surface area contributed by atoms with E-state index in [-0.39, 0.29) is 0 Å². The summed E-state index contributed by atoms with van der Waals surface area (Å²) in [5.41, 5.74) is 0. The van der Waals surface area contributed by atoms with Crippen LogP contribution in [0.15, 0.2) is 16.5 Å². The van der Waals surface area contributed by atoms with Crippen molar-refractivity contribution in [3.05, 3.63) is 23.7 Å². The van der Waals surface area contributed by atoms with Crippen molar-refractivity contribution in [2.75, 3.05) is 13.6 Å². The first kappa shape index (κ1) is 11.2. The Bertz CT molecular complexity index is 272. The summed E-state index contributed by atoms with van der Waals surface area (Å²) in [5, 5.41) is 21.9. The lowest BCUT2D eigenvalue weighted by atomic mass is 10.1. The smallest absolute Gasteiger partial charge is 0.139 e. The van der Waals surface area contributed by atoms with E-state index in [0.29, 0.717) is 12.3 Å². The maximum Gasteiger partial charge on any atom is 0.139 e. The normalized spacial score (nSPS) is 15.4. The van der Waals surface area contributed by atoms with Gasteiger partial charge >= 0.3 is 0 Å². The molecule has 0 saturated heterocycles. The number of likely N-dealkylation sites (N-methyl/N-ethyl adjacent to an activating group) is 1. The number of nitrogens with one attached hydrogen (secondary N) is 1. The number of rotatable bonds is 5. The molecule has 1 rings (SSSR count). The summed E-state index contributed by atoms with van der Waals surface area (Å²) in [6, 6.07) is 3.51. The molecule has 0 amide bonds. The fourth-order valence-electron chi connectivity index (χ4n) is 1.25. The van der Waals surface area contributed by atoms with Crippen LogP contribution in [-0.2, 0) is 6.42 Å². The second kappa shape index (κ2) is 5.14. The lowest BCUT2D eigenvalue weighted by Gasteiger charge is -2.14. The highest BCUT2D eigenvalue weighted by Crippen LogP contribution is 2.19. The Morgan fingerprint density at radius 1 is 1.43 bits per heavy atom. The minimum Gasteiger partial charge on any atom is -0.463 e. The molecule has 0 fully saturated rings. The second-order valence-electron chi connectivity index (χ2n) is 3.23. The molecule has 1 aromatic rings. The van der Waals surface area contributed by atoms with Crippen LogP contribution in [0.4, 0.5) is 0 Å². The number of aliphatic hydroxyl groups excluding tert-OH is 2. The third-order valence-corrected chi connectivity index (χ3v) is 2.10. The minimum absolute atomic E-state index is 0.337. The molecule has 1 aromatic heterocycles. The summed E-state index contributed by atoms with van der Waals surface area (Å²) in [6.45, 7) is 2.31. The molecule has 0 radical (unpaired) electrons. The summed E-state index contributed by atoms with van der Waals surface area (Å²) in [5.74, 6) is 1.24. The monoisotopic (exact) mass is 199 g/mol. The minimum atomic E-state index is -0.956. The summed E-state index contributed by atoms with van der Waals surface area (Å²) in [4.78, 5) is 0. The quantitative estimate of drug-likeness (QED) is 0.644. The van der Waals surface area contributed by atoms with E-state index in [4.69, 9.17) is 4.42 Å². The fourth-order valence-corrected chi connectivity index (χ4v) is 1.25. The topological polar surface area (TPSA) is 65.6 Å². The first-order valence-electron chi connectivity index (χ1n) is 4.78. The van der Waals surface area contributed by atoms with E-state index in [2.05, 4.69) is 5.32 Å². The molecule has 4 heteroatoms. The van der Waals surface area contributed by atoms with Crippen LogP contribution < -0.4 is 5.32 Å². The van der Waals surface area contributed by atoms with E-state index < -0.39 is 12.2 Å². The summed E-state index contributed by atoms with van der Waals surface area (Å²) in [6.07, 6.45) is -1.01. The van der Waals surface area contributed by atoms with Crippen LogP contribution in [0.2, 0.25) is 0 Å². The molecule has 80 valence electrons. The molecule has 0 aliphatic rings. The van der Waals surface area contributed by atoms with Crippen molar-refractivity contribution in [3.8, 4) is 0 Å². The van der Waals surface area contributed by atoms with Crippen LogP contribution in [0.3, 0.4) is 0 Å². The first-order chi connectivity index (χ1) is 6.69. The highest BCUT2D eigenvalue weighted by molar-refractivity contribution is 5.10. The Morgan fingerprint density at radius 3 is 2.64 bits per heavy atom. The van der Waals surface area contributed by atoms with Crippen molar-refractivity contribution in [3.63, 3.8) is 0 Å². The maximum absolute atomic E-state index is 9.65. The van der Waals surface area contributed by atoms with E-state index in [0.717, 1.165) is 12.2 Å². The van der Waals surface area contributed by atoms with Crippen molar-refractivity contribution in [2.45, 2.75) is 25.6 Å². The lowest BCUT2D eigenvalue weighted by Crippen LogP contribution is -2.29. The molecule has 0 spiro atoms. The number of hydrogen-bond acceptors (Lipinski definition) is 4. The lowest BCUT2D eigenvalue weighted by molar-refractivity contribution is 0.00683. The molecule has 0 aromatic carbocycles. The maximum atomic E-state index is 9.65. The average Bonchev–Trinajstić information content (AvgIpc) is 2.65. The van der Waals surface area contributed by atoms with Crippen LogP contribution in [-0.4, -0.2) is 29.9 Å². The standard InChI is InChI=1S/C10H17NO3/c1-3-7-4-5-9(14-7)10(13)8(12)6-11-2/h4-5,8,10-13H,3,6H2,1-2H3. The summed E-state index contributed by atoms with van der Waals surface area (Å²) < 4.78 is 5.32. The second-order valence-corrected chi connectivity index (χ2v) is 3.23. The molecular weight excluding hydrogens is 182 g/mol. The van der Waals surface area contributed by atoms with E-state index in [1.54, 1.807) is 13.1 Å². The van der Waals surface area contributed by atoms with Gasteiger partial charge in [-0.2, -0.15) is 0 Å². The average molecular weight is 199 g/mol.